The Hall–Kier alpha value is -2.42. The molecule has 0 aromatic carbocycles. The van der Waals surface area contributed by atoms with Gasteiger partial charge in [0.1, 0.15) is 0 Å². The van der Waals surface area contributed by atoms with E-state index in [2.05, 4.69) is 26.4 Å². The second-order valence-corrected chi connectivity index (χ2v) is 4.52. The van der Waals surface area contributed by atoms with Crippen molar-refractivity contribution >= 4 is 11.6 Å². The lowest BCUT2D eigenvalue weighted by atomic mass is 10.0. The fraction of sp³-hybridized carbons (Fsp3) is 0.429. The standard InChI is InChI=1S/C14H16N4O2/c1-3-4-8-14(17-18-14)9-7-12(19)16-11-5-6-13(20-2)15-10-11/h1,5-6,10H,4,7-9H2,2H3,(H,16,19). The highest BCUT2D eigenvalue weighted by Gasteiger charge is 2.39. The van der Waals surface area contributed by atoms with Gasteiger partial charge in [0.2, 0.25) is 11.8 Å². The second-order valence-electron chi connectivity index (χ2n) is 4.52. The van der Waals surface area contributed by atoms with E-state index in [9.17, 15) is 4.79 Å². The minimum Gasteiger partial charge on any atom is -0.481 e. The van der Waals surface area contributed by atoms with Crippen LogP contribution in [-0.4, -0.2) is 23.7 Å². The largest absolute Gasteiger partial charge is 0.481 e. The fourth-order valence-corrected chi connectivity index (χ4v) is 1.78. The number of hydrogen-bond donors (Lipinski definition) is 1. The summed E-state index contributed by atoms with van der Waals surface area (Å²) in [7, 11) is 1.54. The molecule has 0 atom stereocenters. The molecule has 2 rings (SSSR count). The summed E-state index contributed by atoms with van der Waals surface area (Å²) in [6.45, 7) is 0. The number of amides is 1. The Morgan fingerprint density at radius 3 is 2.80 bits per heavy atom. The van der Waals surface area contributed by atoms with Crippen LogP contribution in [0.5, 0.6) is 5.88 Å². The first kappa shape index (κ1) is 14.0. The summed E-state index contributed by atoms with van der Waals surface area (Å²) in [5, 5.41) is 10.8. The Bertz CT molecular complexity index is 539. The molecular formula is C14H16N4O2. The highest BCUT2D eigenvalue weighted by Crippen LogP contribution is 2.37. The lowest BCUT2D eigenvalue weighted by Gasteiger charge is -2.09. The van der Waals surface area contributed by atoms with E-state index in [0.29, 0.717) is 37.3 Å². The van der Waals surface area contributed by atoms with Crippen molar-refractivity contribution in [2.75, 3.05) is 12.4 Å². The van der Waals surface area contributed by atoms with Crippen LogP contribution in [0.1, 0.15) is 25.7 Å². The molecule has 0 unspecified atom stereocenters. The molecule has 20 heavy (non-hydrogen) atoms. The molecule has 104 valence electrons. The third-order valence-electron chi connectivity index (χ3n) is 3.03. The fourth-order valence-electron chi connectivity index (χ4n) is 1.78. The van der Waals surface area contributed by atoms with Crippen LogP contribution in [-0.2, 0) is 4.79 Å². The number of ether oxygens (including phenoxy) is 1. The van der Waals surface area contributed by atoms with Gasteiger partial charge in [-0.2, -0.15) is 10.2 Å². The van der Waals surface area contributed by atoms with Gasteiger partial charge in [0.05, 0.1) is 19.0 Å². The Kier molecular flexibility index (Phi) is 4.31. The Morgan fingerprint density at radius 1 is 1.45 bits per heavy atom. The number of aromatic nitrogens is 1. The van der Waals surface area contributed by atoms with Gasteiger partial charge < -0.3 is 10.1 Å². The highest BCUT2D eigenvalue weighted by atomic mass is 16.5. The molecule has 1 aromatic rings. The van der Waals surface area contributed by atoms with E-state index in [1.165, 1.54) is 0 Å². The van der Waals surface area contributed by atoms with Gasteiger partial charge in [-0.15, -0.1) is 12.3 Å². The summed E-state index contributed by atoms with van der Waals surface area (Å²) < 4.78 is 4.95. The minimum absolute atomic E-state index is 0.0886. The molecule has 1 amide bonds. The smallest absolute Gasteiger partial charge is 0.224 e. The van der Waals surface area contributed by atoms with E-state index < -0.39 is 5.66 Å². The van der Waals surface area contributed by atoms with Gasteiger partial charge in [0.25, 0.3) is 0 Å². The number of hydrogen-bond acceptors (Lipinski definition) is 5. The van der Waals surface area contributed by atoms with Gasteiger partial charge in [-0.05, 0) is 6.07 Å². The zero-order chi connectivity index (χ0) is 14.4. The van der Waals surface area contributed by atoms with Crippen molar-refractivity contribution in [2.45, 2.75) is 31.3 Å². The average Bonchev–Trinajstić information content (AvgIpc) is 3.24. The monoisotopic (exact) mass is 272 g/mol. The van der Waals surface area contributed by atoms with Crippen molar-refractivity contribution in [1.29, 1.82) is 0 Å². The lowest BCUT2D eigenvalue weighted by molar-refractivity contribution is -0.116. The minimum atomic E-state index is -0.415. The van der Waals surface area contributed by atoms with Crippen molar-refractivity contribution in [3.8, 4) is 18.2 Å². The summed E-state index contributed by atoms with van der Waals surface area (Å²) in [6, 6.07) is 3.43. The number of nitrogens with one attached hydrogen (secondary N) is 1. The van der Waals surface area contributed by atoms with E-state index in [0.717, 1.165) is 0 Å². The van der Waals surface area contributed by atoms with Crippen molar-refractivity contribution in [3.63, 3.8) is 0 Å². The Labute approximate surface area is 117 Å². The topological polar surface area (TPSA) is 75.9 Å². The molecule has 1 aliphatic rings. The van der Waals surface area contributed by atoms with Crippen molar-refractivity contribution < 1.29 is 9.53 Å². The molecule has 0 spiro atoms. The summed E-state index contributed by atoms with van der Waals surface area (Å²) in [5.41, 5.74) is 0.222. The Morgan fingerprint density at radius 2 is 2.25 bits per heavy atom. The summed E-state index contributed by atoms with van der Waals surface area (Å²) in [4.78, 5) is 15.8. The molecule has 0 bridgehead atoms. The molecule has 0 aliphatic carbocycles. The van der Waals surface area contributed by atoms with E-state index in [1.54, 1.807) is 25.4 Å². The SMILES string of the molecule is C#CCCC1(CCC(=O)Nc2ccc(OC)nc2)N=N1. The van der Waals surface area contributed by atoms with Crippen LogP contribution in [0.25, 0.3) is 0 Å². The molecule has 2 heterocycles. The van der Waals surface area contributed by atoms with Crippen LogP contribution in [0.15, 0.2) is 28.6 Å². The average molecular weight is 272 g/mol. The summed E-state index contributed by atoms with van der Waals surface area (Å²) in [6.07, 6.45) is 9.04. The quantitative estimate of drug-likeness (QED) is 0.774. The van der Waals surface area contributed by atoms with Gasteiger partial charge in [0.15, 0.2) is 5.66 Å². The number of pyridine rings is 1. The van der Waals surface area contributed by atoms with E-state index in [1.807, 2.05) is 0 Å². The molecule has 0 saturated carbocycles. The summed E-state index contributed by atoms with van der Waals surface area (Å²) in [5.74, 6) is 2.98. The van der Waals surface area contributed by atoms with Crippen LogP contribution in [0.3, 0.4) is 0 Å². The first-order valence-electron chi connectivity index (χ1n) is 6.35. The van der Waals surface area contributed by atoms with Crippen molar-refractivity contribution in [1.82, 2.24) is 4.98 Å². The maximum absolute atomic E-state index is 11.8. The van der Waals surface area contributed by atoms with Crippen LogP contribution in [0.2, 0.25) is 0 Å². The highest BCUT2D eigenvalue weighted by molar-refractivity contribution is 5.90. The van der Waals surface area contributed by atoms with Gasteiger partial charge in [-0.3, -0.25) is 4.79 Å². The predicted octanol–water partition coefficient (Wildman–Crippen LogP) is 2.38. The molecule has 1 aromatic heterocycles. The first-order valence-corrected chi connectivity index (χ1v) is 6.35. The predicted molar refractivity (Wildman–Crippen MR) is 74.3 cm³/mol. The molecule has 6 heteroatoms. The van der Waals surface area contributed by atoms with Crippen LogP contribution in [0.4, 0.5) is 5.69 Å². The van der Waals surface area contributed by atoms with Gasteiger partial charge in [0, 0.05) is 31.7 Å². The van der Waals surface area contributed by atoms with E-state index in [4.69, 9.17) is 11.2 Å². The number of carbonyl (C=O) groups is 1. The normalized spacial score (nSPS) is 14.4. The maximum Gasteiger partial charge on any atom is 0.224 e. The van der Waals surface area contributed by atoms with Crippen LogP contribution >= 0.6 is 0 Å². The van der Waals surface area contributed by atoms with Gasteiger partial charge in [-0.25, -0.2) is 4.98 Å². The van der Waals surface area contributed by atoms with Crippen molar-refractivity contribution in [3.05, 3.63) is 18.3 Å². The van der Waals surface area contributed by atoms with Gasteiger partial charge >= 0.3 is 0 Å². The zero-order valence-electron chi connectivity index (χ0n) is 11.3. The molecule has 0 saturated heterocycles. The van der Waals surface area contributed by atoms with Crippen molar-refractivity contribution in [2.24, 2.45) is 10.2 Å². The Balaban J connectivity index is 1.76. The number of rotatable bonds is 7. The molecule has 1 aliphatic heterocycles. The zero-order valence-corrected chi connectivity index (χ0v) is 11.3. The number of terminal acetylenes is 1. The number of anilines is 1. The molecular weight excluding hydrogens is 256 g/mol. The van der Waals surface area contributed by atoms with Crippen LogP contribution < -0.4 is 10.1 Å². The first-order chi connectivity index (χ1) is 9.67. The molecule has 0 fully saturated rings. The molecule has 0 radical (unpaired) electrons. The number of carbonyl (C=O) groups excluding carboxylic acids is 1. The molecule has 1 N–H and O–H groups in total. The van der Waals surface area contributed by atoms with E-state index >= 15 is 0 Å². The summed E-state index contributed by atoms with van der Waals surface area (Å²) >= 11 is 0. The maximum atomic E-state index is 11.8. The number of methoxy groups -OCH3 is 1. The van der Waals surface area contributed by atoms with Gasteiger partial charge in [-0.1, -0.05) is 0 Å². The lowest BCUT2D eigenvalue weighted by Crippen LogP contribution is -2.17. The third-order valence-corrected chi connectivity index (χ3v) is 3.03. The van der Waals surface area contributed by atoms with Crippen LogP contribution in [0, 0.1) is 12.3 Å². The number of nitrogens with zero attached hydrogens (tertiary/aromatic N) is 3. The molecule has 6 nitrogen and oxygen atoms in total. The second kappa shape index (κ2) is 6.15. The third kappa shape index (κ3) is 3.79. The van der Waals surface area contributed by atoms with E-state index in [-0.39, 0.29) is 5.91 Å².